The molecule has 0 spiro atoms. The third kappa shape index (κ3) is 4.11. The lowest BCUT2D eigenvalue weighted by molar-refractivity contribution is -0.136. The van der Waals surface area contributed by atoms with Crippen molar-refractivity contribution in [1.82, 2.24) is 19.9 Å². The van der Waals surface area contributed by atoms with Crippen molar-refractivity contribution in [3.8, 4) is 11.4 Å². The monoisotopic (exact) mass is 419 g/mol. The third-order valence-electron chi connectivity index (χ3n) is 5.68. The first-order valence-corrected chi connectivity index (χ1v) is 10.4. The van der Waals surface area contributed by atoms with Gasteiger partial charge in [0, 0.05) is 48.8 Å². The van der Waals surface area contributed by atoms with Gasteiger partial charge in [-0.25, -0.2) is 14.4 Å². The molecule has 158 valence electrons. The third-order valence-corrected chi connectivity index (χ3v) is 5.68. The number of hydrogen-bond acceptors (Lipinski definition) is 6. The second-order valence-electron chi connectivity index (χ2n) is 7.76. The Bertz CT molecular complexity index is 1100. The largest absolute Gasteiger partial charge is 0.381 e. The van der Waals surface area contributed by atoms with Gasteiger partial charge in [0.2, 0.25) is 5.91 Å². The number of halogens is 1. The smallest absolute Gasteiger partial charge is 0.228 e. The Kier molecular flexibility index (Phi) is 5.30. The molecular formula is C23H22FN5O2. The van der Waals surface area contributed by atoms with E-state index in [4.69, 9.17) is 14.7 Å². The number of rotatable bonds is 4. The minimum atomic E-state index is -0.333. The van der Waals surface area contributed by atoms with Gasteiger partial charge >= 0.3 is 0 Å². The Morgan fingerprint density at radius 3 is 2.84 bits per heavy atom. The van der Waals surface area contributed by atoms with Gasteiger partial charge in [0.05, 0.1) is 24.8 Å². The Morgan fingerprint density at radius 1 is 1.19 bits per heavy atom. The Balaban J connectivity index is 1.51. The number of nitrogens with zero attached hydrogens (tertiary/aromatic N) is 4. The molecule has 2 aliphatic heterocycles. The zero-order valence-corrected chi connectivity index (χ0v) is 16.9. The summed E-state index contributed by atoms with van der Waals surface area (Å²) in [6.07, 6.45) is 4.78. The van der Waals surface area contributed by atoms with E-state index < -0.39 is 0 Å². The van der Waals surface area contributed by atoms with E-state index in [1.807, 2.05) is 17.0 Å². The summed E-state index contributed by atoms with van der Waals surface area (Å²) < 4.78 is 19.1. The van der Waals surface area contributed by atoms with Crippen LogP contribution >= 0.6 is 0 Å². The summed E-state index contributed by atoms with van der Waals surface area (Å²) in [5.41, 5.74) is 3.20. The molecule has 0 radical (unpaired) electrons. The molecule has 5 rings (SSSR count). The molecule has 1 atom stereocenters. The normalized spacial score (nSPS) is 18.0. The van der Waals surface area contributed by atoms with Crippen molar-refractivity contribution in [2.45, 2.75) is 19.4 Å². The second kappa shape index (κ2) is 8.39. The van der Waals surface area contributed by atoms with E-state index in [0.717, 1.165) is 23.2 Å². The predicted molar refractivity (Wildman–Crippen MR) is 113 cm³/mol. The van der Waals surface area contributed by atoms with Crippen molar-refractivity contribution in [2.24, 2.45) is 5.92 Å². The van der Waals surface area contributed by atoms with Gasteiger partial charge in [-0.3, -0.25) is 9.78 Å². The summed E-state index contributed by atoms with van der Waals surface area (Å²) in [7, 11) is 0. The molecular weight excluding hydrogens is 397 g/mol. The number of amides is 1. The number of aromatic nitrogens is 3. The highest BCUT2D eigenvalue weighted by Gasteiger charge is 2.32. The molecule has 1 aromatic carbocycles. The van der Waals surface area contributed by atoms with Crippen LogP contribution in [-0.4, -0.2) is 45.5 Å². The maximum absolute atomic E-state index is 13.7. The second-order valence-corrected chi connectivity index (χ2v) is 7.76. The van der Waals surface area contributed by atoms with Crippen molar-refractivity contribution < 1.29 is 13.9 Å². The molecule has 31 heavy (non-hydrogen) atoms. The number of nitrogens with one attached hydrogen (secondary N) is 1. The lowest BCUT2D eigenvalue weighted by Gasteiger charge is -2.31. The number of carbonyl (C=O) groups excluding carboxylic acids is 1. The Hall–Kier alpha value is -3.39. The van der Waals surface area contributed by atoms with Gasteiger partial charge in [0.15, 0.2) is 5.82 Å². The highest BCUT2D eigenvalue weighted by molar-refractivity contribution is 5.80. The molecule has 1 saturated heterocycles. The molecule has 4 heterocycles. The van der Waals surface area contributed by atoms with Gasteiger partial charge in [-0.2, -0.15) is 0 Å². The van der Waals surface area contributed by atoms with Crippen molar-refractivity contribution in [3.05, 3.63) is 65.9 Å². The van der Waals surface area contributed by atoms with Gasteiger partial charge < -0.3 is 15.0 Å². The fraction of sp³-hybridized carbons (Fsp3) is 0.304. The molecule has 1 N–H and O–H groups in total. The molecule has 2 aliphatic rings. The number of pyridine rings is 1. The van der Waals surface area contributed by atoms with Gasteiger partial charge in [-0.15, -0.1) is 0 Å². The van der Waals surface area contributed by atoms with Crippen LogP contribution in [0, 0.1) is 11.7 Å². The van der Waals surface area contributed by atoms with E-state index in [1.54, 1.807) is 24.5 Å². The van der Waals surface area contributed by atoms with Gasteiger partial charge in [0.1, 0.15) is 11.6 Å². The Morgan fingerprint density at radius 2 is 2.06 bits per heavy atom. The molecule has 1 unspecified atom stereocenters. The van der Waals surface area contributed by atoms with Crippen LogP contribution in [0.15, 0.2) is 48.8 Å². The maximum atomic E-state index is 13.7. The fourth-order valence-corrected chi connectivity index (χ4v) is 4.03. The van der Waals surface area contributed by atoms with Gasteiger partial charge in [-0.1, -0.05) is 6.07 Å². The molecule has 0 bridgehead atoms. The first-order valence-electron chi connectivity index (χ1n) is 10.4. The average molecular weight is 419 g/mol. The summed E-state index contributed by atoms with van der Waals surface area (Å²) >= 11 is 0. The zero-order chi connectivity index (χ0) is 21.2. The molecule has 7 nitrogen and oxygen atoms in total. The maximum Gasteiger partial charge on any atom is 0.228 e. The molecule has 1 amide bonds. The van der Waals surface area contributed by atoms with Crippen molar-refractivity contribution in [3.63, 3.8) is 0 Å². The average Bonchev–Trinajstić information content (AvgIpc) is 3.34. The van der Waals surface area contributed by atoms with E-state index in [2.05, 4.69) is 10.3 Å². The molecule has 8 heteroatoms. The van der Waals surface area contributed by atoms with Crippen LogP contribution in [0.25, 0.3) is 11.4 Å². The van der Waals surface area contributed by atoms with Crippen LogP contribution < -0.4 is 5.32 Å². The summed E-state index contributed by atoms with van der Waals surface area (Å²) in [6.45, 7) is 2.13. The zero-order valence-electron chi connectivity index (χ0n) is 16.9. The molecule has 0 saturated carbocycles. The first-order chi connectivity index (χ1) is 15.2. The highest BCUT2D eigenvalue weighted by atomic mass is 19.1. The number of anilines is 2. The topological polar surface area (TPSA) is 80.2 Å². The summed E-state index contributed by atoms with van der Waals surface area (Å²) in [5, 5.41) is 3.24. The van der Waals surface area contributed by atoms with Crippen LogP contribution in [0.1, 0.15) is 17.7 Å². The lowest BCUT2D eigenvalue weighted by Crippen LogP contribution is -2.40. The summed E-state index contributed by atoms with van der Waals surface area (Å²) in [6, 6.07) is 9.95. The quantitative estimate of drug-likeness (QED) is 0.699. The standard InChI is InChI=1S/C23H22FN5O2/c24-17-2-1-3-18(12-17)26-22-19-13-29(23(30)16-7-11-31-14-16)10-6-20(19)27-21(28-22)15-4-8-25-9-5-15/h1-5,8-9,12,16H,6-7,10-11,13-14H2,(H,26,27,28). The summed E-state index contributed by atoms with van der Waals surface area (Å²) in [5.74, 6) is 0.850. The SMILES string of the molecule is O=C(C1CCOC1)N1CCc2nc(-c3ccncc3)nc(Nc3cccc(F)c3)c2C1. The van der Waals surface area contributed by atoms with Crippen LogP contribution in [0.2, 0.25) is 0 Å². The van der Waals surface area contributed by atoms with Crippen LogP contribution in [0.5, 0.6) is 0 Å². The minimum Gasteiger partial charge on any atom is -0.381 e. The van der Waals surface area contributed by atoms with Gasteiger partial charge in [0.25, 0.3) is 0 Å². The number of ether oxygens (including phenoxy) is 1. The van der Waals surface area contributed by atoms with Crippen molar-refractivity contribution in [2.75, 3.05) is 25.1 Å². The molecule has 3 aromatic rings. The highest BCUT2D eigenvalue weighted by Crippen LogP contribution is 2.30. The van der Waals surface area contributed by atoms with E-state index in [0.29, 0.717) is 50.1 Å². The number of carbonyl (C=O) groups is 1. The van der Waals surface area contributed by atoms with Crippen LogP contribution in [0.4, 0.5) is 15.9 Å². The van der Waals surface area contributed by atoms with E-state index in [-0.39, 0.29) is 17.6 Å². The van der Waals surface area contributed by atoms with E-state index in [1.165, 1.54) is 12.1 Å². The lowest BCUT2D eigenvalue weighted by atomic mass is 10.0. The number of hydrogen-bond donors (Lipinski definition) is 1. The number of fused-ring (bicyclic) bond motifs is 1. The first kappa shape index (κ1) is 19.6. The Labute approximate surface area is 179 Å². The fourth-order valence-electron chi connectivity index (χ4n) is 4.03. The predicted octanol–water partition coefficient (Wildman–Crippen LogP) is 3.34. The van der Waals surface area contributed by atoms with Crippen LogP contribution in [-0.2, 0) is 22.5 Å². The van der Waals surface area contributed by atoms with Gasteiger partial charge in [-0.05, 0) is 36.8 Å². The van der Waals surface area contributed by atoms with Crippen molar-refractivity contribution >= 4 is 17.4 Å². The van der Waals surface area contributed by atoms with E-state index in [9.17, 15) is 9.18 Å². The number of benzene rings is 1. The summed E-state index contributed by atoms with van der Waals surface area (Å²) in [4.78, 5) is 28.4. The van der Waals surface area contributed by atoms with Crippen molar-refractivity contribution in [1.29, 1.82) is 0 Å². The molecule has 1 fully saturated rings. The van der Waals surface area contributed by atoms with E-state index >= 15 is 0 Å². The molecule has 2 aromatic heterocycles. The molecule has 0 aliphatic carbocycles. The van der Waals surface area contributed by atoms with Crippen LogP contribution in [0.3, 0.4) is 0 Å². The minimum absolute atomic E-state index is 0.0850.